The molecule has 0 aromatic heterocycles. The molecule has 2 saturated carbocycles. The monoisotopic (exact) mass is 1090 g/mol. The molecule has 13 N–H and O–H groups in total. The van der Waals surface area contributed by atoms with E-state index in [1.807, 2.05) is 0 Å². The Morgan fingerprint density at radius 3 is 1.66 bits per heavy atom. The molecule has 0 aromatic rings. The minimum atomic E-state index is -2.26. The van der Waals surface area contributed by atoms with Crippen molar-refractivity contribution in [3.63, 3.8) is 0 Å². The summed E-state index contributed by atoms with van der Waals surface area (Å²) >= 11 is 0. The minimum Gasteiger partial charge on any atom is -0.479 e. The smallest absolute Gasteiger partial charge is 0.335 e. The fourth-order valence-electron chi connectivity index (χ4n) is 15.5. The van der Waals surface area contributed by atoms with E-state index in [-0.39, 0.29) is 33.9 Å². The van der Waals surface area contributed by atoms with Crippen molar-refractivity contribution in [2.75, 3.05) is 19.8 Å². The number of Topliss-reactive ketones (excluding diaryl/α,β-unsaturated/α-hetero) is 1. The molecule has 0 bridgehead atoms. The molecule has 4 aliphatic heterocycles. The zero-order valence-corrected chi connectivity index (χ0v) is 44.2. The number of allylic oxidation sites excluding steroid dienone is 4. The van der Waals surface area contributed by atoms with Crippen molar-refractivity contribution in [1.29, 1.82) is 0 Å². The molecule has 23 heteroatoms. The predicted molar refractivity (Wildman–Crippen MR) is 258 cm³/mol. The van der Waals surface area contributed by atoms with E-state index in [0.717, 1.165) is 44.1 Å². The van der Waals surface area contributed by atoms with E-state index in [4.69, 9.17) is 37.9 Å². The Kier molecular flexibility index (Phi) is 16.4. The van der Waals surface area contributed by atoms with Gasteiger partial charge in [-0.3, -0.25) is 4.79 Å². The number of carboxylic acids is 1. The normalized spacial score (nSPS) is 51.2. The predicted octanol–water partition coefficient (Wildman–Crippen LogP) is -1.59. The second kappa shape index (κ2) is 21.3. The van der Waals surface area contributed by atoms with Gasteiger partial charge in [0.15, 0.2) is 37.0 Å². The van der Waals surface area contributed by atoms with Gasteiger partial charge in [-0.05, 0) is 102 Å². The number of hydrogen-bond donors (Lipinski definition) is 13. The number of carboxylic acid groups (broad SMARTS) is 1. The number of fused-ring (bicyclic) bond motifs is 6. The first-order valence-electron chi connectivity index (χ1n) is 27.0. The van der Waals surface area contributed by atoms with E-state index < -0.39 is 166 Å². The zero-order chi connectivity index (χ0) is 55.5. The highest BCUT2D eigenvalue weighted by molar-refractivity contribution is 6.00. The van der Waals surface area contributed by atoms with Crippen LogP contribution in [0.3, 0.4) is 0 Å². The van der Waals surface area contributed by atoms with E-state index in [2.05, 4.69) is 54.5 Å². The molecule has 0 amide bonds. The molecule has 9 rings (SSSR count). The molecule has 5 aliphatic carbocycles. The number of hydrogen-bond acceptors (Lipinski definition) is 22. The maximum atomic E-state index is 14.1. The first-order valence-corrected chi connectivity index (χ1v) is 27.0. The third-order valence-electron chi connectivity index (χ3n) is 20.1. The quantitative estimate of drug-likeness (QED) is 0.0980. The van der Waals surface area contributed by atoms with E-state index in [0.29, 0.717) is 19.3 Å². The Balaban J connectivity index is 1.05. The molecule has 0 unspecified atom stereocenters. The lowest BCUT2D eigenvalue weighted by Gasteiger charge is -2.69. The molecule has 76 heavy (non-hydrogen) atoms. The number of aliphatic carboxylic acids is 1. The van der Waals surface area contributed by atoms with Crippen molar-refractivity contribution in [1.82, 2.24) is 0 Å². The van der Waals surface area contributed by atoms with Crippen molar-refractivity contribution in [3.05, 3.63) is 22.8 Å². The fourth-order valence-corrected chi connectivity index (χ4v) is 15.5. The van der Waals surface area contributed by atoms with E-state index in [1.54, 1.807) is 0 Å². The van der Waals surface area contributed by atoms with Crippen LogP contribution in [0.1, 0.15) is 106 Å². The maximum absolute atomic E-state index is 14.1. The number of ketones is 1. The third-order valence-corrected chi connectivity index (χ3v) is 20.1. The van der Waals surface area contributed by atoms with Gasteiger partial charge in [0.1, 0.15) is 91.6 Å². The van der Waals surface area contributed by atoms with E-state index in [1.165, 1.54) is 11.1 Å². The molecule has 4 heterocycles. The number of carbonyl (C=O) groups excluding carboxylic acids is 1. The van der Waals surface area contributed by atoms with Crippen LogP contribution in [-0.4, -0.2) is 227 Å². The summed E-state index contributed by atoms with van der Waals surface area (Å²) in [6.07, 6.45) is -30.6. The van der Waals surface area contributed by atoms with Crippen LogP contribution < -0.4 is 0 Å². The number of aliphatic hydroxyl groups excluding tert-OH is 12. The Labute approximate surface area is 441 Å². The lowest BCUT2D eigenvalue weighted by Crippen LogP contribution is -2.69. The second-order valence-electron chi connectivity index (χ2n) is 25.3. The molecule has 0 radical (unpaired) electrons. The van der Waals surface area contributed by atoms with Crippen molar-refractivity contribution in [2.45, 2.75) is 235 Å². The molecule has 0 spiro atoms. The van der Waals surface area contributed by atoms with Crippen molar-refractivity contribution >= 4 is 11.8 Å². The zero-order valence-electron chi connectivity index (χ0n) is 44.2. The van der Waals surface area contributed by atoms with Crippen molar-refractivity contribution in [2.24, 2.45) is 38.9 Å². The largest absolute Gasteiger partial charge is 0.479 e. The molecule has 6 fully saturated rings. The van der Waals surface area contributed by atoms with Crippen molar-refractivity contribution in [3.8, 4) is 0 Å². The van der Waals surface area contributed by atoms with Crippen LogP contribution in [0.15, 0.2) is 22.8 Å². The van der Waals surface area contributed by atoms with E-state index in [9.17, 15) is 76.0 Å². The summed E-state index contributed by atoms with van der Waals surface area (Å²) in [4.78, 5) is 27.3. The third kappa shape index (κ3) is 9.59. The van der Waals surface area contributed by atoms with Gasteiger partial charge in [0.2, 0.25) is 0 Å². The highest BCUT2D eigenvalue weighted by Crippen LogP contribution is 2.74. The van der Waals surface area contributed by atoms with Gasteiger partial charge in [-0.1, -0.05) is 54.5 Å². The Bertz CT molecular complexity index is 2200. The Morgan fingerprint density at radius 1 is 0.566 bits per heavy atom. The summed E-state index contributed by atoms with van der Waals surface area (Å²) in [6, 6.07) is 0. The topological polar surface area (TPSA) is 371 Å². The number of rotatable bonds is 12. The van der Waals surface area contributed by atoms with Crippen LogP contribution >= 0.6 is 0 Å². The van der Waals surface area contributed by atoms with Crippen LogP contribution in [0.5, 0.6) is 0 Å². The lowest BCUT2D eigenvalue weighted by molar-refractivity contribution is -0.407. The fraction of sp³-hybridized carbons (Fsp3) is 0.887. The first-order chi connectivity index (χ1) is 35.6. The van der Waals surface area contributed by atoms with Gasteiger partial charge in [-0.15, -0.1) is 0 Å². The number of aliphatic hydroxyl groups is 12. The van der Waals surface area contributed by atoms with Crippen LogP contribution in [0, 0.1) is 38.9 Å². The second-order valence-corrected chi connectivity index (χ2v) is 25.3. The molecule has 9 aliphatic rings. The summed E-state index contributed by atoms with van der Waals surface area (Å²) < 4.78 is 48.7. The summed E-state index contributed by atoms with van der Waals surface area (Å²) in [6.45, 7) is 12.9. The molecular formula is C53H82O23. The van der Waals surface area contributed by atoms with Crippen LogP contribution in [0.25, 0.3) is 0 Å². The van der Waals surface area contributed by atoms with Gasteiger partial charge in [0.25, 0.3) is 0 Å². The first kappa shape index (κ1) is 58.5. The SMILES string of the molecule is CC1(C)CCC2=C(C1)C1=CC[C@@H]3[C@@]4(C)CC[C@H](O[C@@H]5O[C@H](C(=O)O)[C@@H](O)[C@H](O[C@@H]6O[C@H](CO)[C@H](O)[C@H](O)[C@H]6O[C@@H]6O[C@H](CO)[C@@H](O)[C@H](O)[C@H]6O)[C@H]5O[C@@H]5O[C@H](CO)[C@H](O)[C@H](O)[C@H]5O)C(C)(C)[C@@H]4CC[C@@]3(C)[C@]1(C)CC2=O. The van der Waals surface area contributed by atoms with Gasteiger partial charge < -0.3 is 104 Å². The molecule has 23 nitrogen and oxygen atoms in total. The molecule has 0 aromatic carbocycles. The minimum absolute atomic E-state index is 0.0151. The molecule has 26 atom stereocenters. The van der Waals surface area contributed by atoms with Gasteiger partial charge in [-0.2, -0.15) is 0 Å². The lowest BCUT2D eigenvalue weighted by atomic mass is 9.35. The Morgan fingerprint density at radius 2 is 1.09 bits per heavy atom. The molecule has 432 valence electrons. The van der Waals surface area contributed by atoms with Gasteiger partial charge in [-0.25, -0.2) is 4.79 Å². The van der Waals surface area contributed by atoms with Gasteiger partial charge in [0, 0.05) is 11.8 Å². The highest BCUT2D eigenvalue weighted by atomic mass is 16.8. The molecular weight excluding hydrogens is 1000 g/mol. The van der Waals surface area contributed by atoms with Crippen LogP contribution in [0.2, 0.25) is 0 Å². The average Bonchev–Trinajstić information content (AvgIpc) is 3.41. The molecule has 4 saturated heterocycles. The Hall–Kier alpha value is -2.18. The number of carbonyl (C=O) groups is 2. The van der Waals surface area contributed by atoms with Crippen molar-refractivity contribution < 1.29 is 114 Å². The summed E-state index contributed by atoms with van der Waals surface area (Å²) in [5.74, 6) is -1.32. The van der Waals surface area contributed by atoms with Gasteiger partial charge >= 0.3 is 5.97 Å². The number of ether oxygens (including phenoxy) is 8. The summed E-state index contributed by atoms with van der Waals surface area (Å²) in [5.41, 5.74) is 1.96. The summed E-state index contributed by atoms with van der Waals surface area (Å²) in [5, 5.41) is 140. The average molecular weight is 1090 g/mol. The van der Waals surface area contributed by atoms with Crippen LogP contribution in [-0.2, 0) is 47.5 Å². The summed E-state index contributed by atoms with van der Waals surface area (Å²) in [7, 11) is 0. The van der Waals surface area contributed by atoms with E-state index >= 15 is 0 Å². The highest BCUT2D eigenvalue weighted by Gasteiger charge is 2.68. The van der Waals surface area contributed by atoms with Crippen LogP contribution in [0.4, 0.5) is 0 Å². The maximum Gasteiger partial charge on any atom is 0.335 e. The standard InChI is InChI=1S/C53H82O23/c1-49(2)13-10-21-22(16-49)23-8-9-29-51(5)14-12-30(50(3,4)28(51)11-15-52(29,6)53(23,7)17-24(21)57)72-48-43(76-46-38(65)35(62)32(59)26(19-55)70-46)40(39(66)41(74-48)44(67)68)73-47-42(36(63)33(60)27(20-56)71-47)75-45-37(64)34(61)31(58)25(18-54)69-45/h8,25-43,45-48,54-56,58-66H,9-20H2,1-7H3,(H,67,68)/t25-,26-,27-,28+,29-,30+,31-,32+,33+,34+,35+,36+,37-,38-,39+,40+,41+,42-,43-,45+,46+,47+,48-,51+,52-,53-/m1/s1. The van der Waals surface area contributed by atoms with Gasteiger partial charge in [0.05, 0.1) is 25.9 Å².